The van der Waals surface area contributed by atoms with Crippen LogP contribution in [0.2, 0.25) is 0 Å². The molecule has 2 nitrogen and oxygen atoms in total. The Hall–Kier alpha value is -0.180. The maximum atomic E-state index is 4.81. The fourth-order valence-corrected chi connectivity index (χ4v) is 7.00. The van der Waals surface area contributed by atoms with E-state index in [-0.39, 0.29) is 0 Å². The molecule has 0 spiro atoms. The smallest absolute Gasteiger partial charge is 0.157 e. The third kappa shape index (κ3) is 2.51. The minimum Gasteiger partial charge on any atom is -0.359 e. The molecule has 112 valence electrons. The Morgan fingerprint density at radius 2 is 1.75 bits per heavy atom. The minimum absolute atomic E-state index is 0.438. The van der Waals surface area contributed by atoms with Crippen molar-refractivity contribution in [3.63, 3.8) is 0 Å². The first-order chi connectivity index (χ1) is 9.60. The lowest BCUT2D eigenvalue weighted by atomic mass is 9.53. The molecule has 4 fully saturated rings. The maximum absolute atomic E-state index is 4.81. The summed E-state index contributed by atoms with van der Waals surface area (Å²) < 4.78 is 0. The fraction of sp³-hybridized carbons (Fsp3) is 0.941. The quantitative estimate of drug-likeness (QED) is 0.848. The zero-order valence-electron chi connectivity index (χ0n) is 12.9. The van der Waals surface area contributed by atoms with E-state index in [1.54, 1.807) is 0 Å². The van der Waals surface area contributed by atoms with E-state index < -0.39 is 0 Å². The van der Waals surface area contributed by atoms with Crippen LogP contribution in [0.25, 0.3) is 0 Å². The number of thioether (sulfide) groups is 1. The van der Waals surface area contributed by atoms with Crippen molar-refractivity contribution in [3.05, 3.63) is 0 Å². The molecule has 1 heterocycles. The largest absolute Gasteiger partial charge is 0.359 e. The Kier molecular flexibility index (Phi) is 3.32. The van der Waals surface area contributed by atoms with Gasteiger partial charge in [-0.15, -0.1) is 0 Å². The summed E-state index contributed by atoms with van der Waals surface area (Å²) in [7, 11) is 0. The van der Waals surface area contributed by atoms with E-state index in [9.17, 15) is 0 Å². The highest BCUT2D eigenvalue weighted by Crippen LogP contribution is 2.55. The van der Waals surface area contributed by atoms with Gasteiger partial charge in [-0.1, -0.05) is 25.6 Å². The van der Waals surface area contributed by atoms with E-state index in [0.29, 0.717) is 5.54 Å². The Labute approximate surface area is 127 Å². The molecule has 0 saturated heterocycles. The first-order valence-corrected chi connectivity index (χ1v) is 9.47. The van der Waals surface area contributed by atoms with Gasteiger partial charge in [-0.25, -0.2) is 0 Å². The molecule has 1 N–H and O–H groups in total. The summed E-state index contributed by atoms with van der Waals surface area (Å²) >= 11 is 2.03. The van der Waals surface area contributed by atoms with Crippen LogP contribution < -0.4 is 5.32 Å². The van der Waals surface area contributed by atoms with E-state index in [0.717, 1.165) is 35.5 Å². The zero-order chi connectivity index (χ0) is 13.7. The molecule has 1 aliphatic heterocycles. The molecule has 0 aromatic heterocycles. The van der Waals surface area contributed by atoms with Gasteiger partial charge in [0.1, 0.15) is 0 Å². The van der Waals surface area contributed by atoms with Crippen LogP contribution >= 0.6 is 11.8 Å². The van der Waals surface area contributed by atoms with E-state index >= 15 is 0 Å². The third-order valence-corrected chi connectivity index (χ3v) is 6.99. The molecule has 4 saturated carbocycles. The van der Waals surface area contributed by atoms with E-state index in [2.05, 4.69) is 19.2 Å². The SMILES string of the molecule is CC(C)CC1CN=C(NC23CC4CC(CC(C4)C2)C3)S1. The van der Waals surface area contributed by atoms with Gasteiger partial charge in [0.05, 0.1) is 6.54 Å². The van der Waals surface area contributed by atoms with Crippen molar-refractivity contribution in [1.29, 1.82) is 0 Å². The average molecular weight is 292 g/mol. The Morgan fingerprint density at radius 3 is 2.30 bits per heavy atom. The van der Waals surface area contributed by atoms with Gasteiger partial charge in [0.2, 0.25) is 0 Å². The molecule has 0 radical (unpaired) electrons. The van der Waals surface area contributed by atoms with Crippen LogP contribution in [-0.4, -0.2) is 22.5 Å². The van der Waals surface area contributed by atoms with Crippen LogP contribution in [-0.2, 0) is 0 Å². The second kappa shape index (κ2) is 4.93. The number of hydrogen-bond acceptors (Lipinski definition) is 3. The predicted octanol–water partition coefficient (Wildman–Crippen LogP) is 4.06. The van der Waals surface area contributed by atoms with E-state index in [1.165, 1.54) is 50.1 Å². The van der Waals surface area contributed by atoms with Crippen LogP contribution in [0.1, 0.15) is 58.8 Å². The Morgan fingerprint density at radius 1 is 1.15 bits per heavy atom. The normalized spacial score (nSPS) is 46.0. The number of hydrogen-bond donors (Lipinski definition) is 1. The molecule has 0 amide bonds. The van der Waals surface area contributed by atoms with Crippen molar-refractivity contribution in [2.75, 3.05) is 6.54 Å². The predicted molar refractivity (Wildman–Crippen MR) is 87.2 cm³/mol. The van der Waals surface area contributed by atoms with Crippen molar-refractivity contribution >= 4 is 16.9 Å². The van der Waals surface area contributed by atoms with E-state index in [1.807, 2.05) is 11.8 Å². The average Bonchev–Trinajstić information content (AvgIpc) is 2.72. The lowest BCUT2D eigenvalue weighted by Gasteiger charge is -2.57. The molecule has 1 unspecified atom stereocenters. The van der Waals surface area contributed by atoms with Gasteiger partial charge in [-0.3, -0.25) is 4.99 Å². The Balaban J connectivity index is 1.40. The molecule has 1 atom stereocenters. The highest BCUT2D eigenvalue weighted by atomic mass is 32.2. The molecule has 4 bridgehead atoms. The van der Waals surface area contributed by atoms with E-state index in [4.69, 9.17) is 4.99 Å². The number of aliphatic imine (C=N–C) groups is 1. The number of nitrogens with one attached hydrogen (secondary N) is 1. The van der Waals surface area contributed by atoms with Crippen LogP contribution in [0.15, 0.2) is 4.99 Å². The summed E-state index contributed by atoms with van der Waals surface area (Å²) in [6.45, 7) is 5.69. The summed E-state index contributed by atoms with van der Waals surface area (Å²) in [4.78, 5) is 4.81. The summed E-state index contributed by atoms with van der Waals surface area (Å²) in [6.07, 6.45) is 10.2. The molecule has 4 aliphatic carbocycles. The van der Waals surface area contributed by atoms with Crippen molar-refractivity contribution in [1.82, 2.24) is 5.32 Å². The van der Waals surface area contributed by atoms with Gasteiger partial charge < -0.3 is 5.32 Å². The van der Waals surface area contributed by atoms with Crippen molar-refractivity contribution in [2.24, 2.45) is 28.7 Å². The molecule has 0 aromatic carbocycles. The lowest BCUT2D eigenvalue weighted by molar-refractivity contribution is -0.00962. The molecule has 20 heavy (non-hydrogen) atoms. The first kappa shape index (κ1) is 13.5. The zero-order valence-corrected chi connectivity index (χ0v) is 13.7. The molecular weight excluding hydrogens is 264 g/mol. The van der Waals surface area contributed by atoms with Gasteiger partial charge in [0.25, 0.3) is 0 Å². The van der Waals surface area contributed by atoms with Gasteiger partial charge in [0, 0.05) is 10.8 Å². The maximum Gasteiger partial charge on any atom is 0.157 e. The van der Waals surface area contributed by atoms with Gasteiger partial charge in [-0.05, 0) is 68.6 Å². The number of rotatable bonds is 3. The van der Waals surface area contributed by atoms with Crippen LogP contribution in [0, 0.1) is 23.7 Å². The van der Waals surface area contributed by atoms with Gasteiger partial charge in [-0.2, -0.15) is 0 Å². The highest BCUT2D eigenvalue weighted by molar-refractivity contribution is 8.14. The van der Waals surface area contributed by atoms with Crippen LogP contribution in [0.3, 0.4) is 0 Å². The molecular formula is C17H28N2S. The Bertz CT molecular complexity index is 380. The van der Waals surface area contributed by atoms with Gasteiger partial charge >= 0.3 is 0 Å². The summed E-state index contributed by atoms with van der Waals surface area (Å²) in [5, 5.41) is 5.94. The second-order valence-corrected chi connectivity index (χ2v) is 9.63. The molecule has 5 rings (SSSR count). The minimum atomic E-state index is 0.438. The van der Waals surface area contributed by atoms with Crippen molar-refractivity contribution in [2.45, 2.75) is 69.6 Å². The molecule has 5 aliphatic rings. The van der Waals surface area contributed by atoms with Crippen LogP contribution in [0.4, 0.5) is 0 Å². The van der Waals surface area contributed by atoms with Crippen molar-refractivity contribution in [3.8, 4) is 0 Å². The molecule has 0 aromatic rings. The highest BCUT2D eigenvalue weighted by Gasteiger charge is 2.51. The standard InChI is InChI=1S/C17H28N2S/c1-11(2)3-15-10-18-16(20-15)19-17-7-12-4-13(8-17)6-14(5-12)9-17/h11-15H,3-10H2,1-2H3,(H,18,19). The monoisotopic (exact) mass is 292 g/mol. The lowest BCUT2D eigenvalue weighted by Crippen LogP contribution is -2.59. The first-order valence-electron chi connectivity index (χ1n) is 8.59. The second-order valence-electron chi connectivity index (χ2n) is 8.34. The number of amidine groups is 1. The summed E-state index contributed by atoms with van der Waals surface area (Å²) in [5.74, 6) is 3.85. The fourth-order valence-electron chi connectivity index (χ4n) is 5.63. The van der Waals surface area contributed by atoms with Crippen molar-refractivity contribution < 1.29 is 0 Å². The van der Waals surface area contributed by atoms with Crippen LogP contribution in [0.5, 0.6) is 0 Å². The topological polar surface area (TPSA) is 24.4 Å². The number of nitrogens with zero attached hydrogens (tertiary/aromatic N) is 1. The van der Waals surface area contributed by atoms with Gasteiger partial charge in [0.15, 0.2) is 5.17 Å². The summed E-state index contributed by atoms with van der Waals surface area (Å²) in [6, 6.07) is 0. The summed E-state index contributed by atoms with van der Waals surface area (Å²) in [5.41, 5.74) is 0.438. The molecule has 3 heteroatoms. The third-order valence-electron chi connectivity index (χ3n) is 5.86.